The zero-order valence-corrected chi connectivity index (χ0v) is 16.6. The summed E-state index contributed by atoms with van der Waals surface area (Å²) in [6.45, 7) is 3.76. The second-order valence-electron chi connectivity index (χ2n) is 6.17. The number of amides is 1. The lowest BCUT2D eigenvalue weighted by atomic mass is 10.0. The lowest BCUT2D eigenvalue weighted by Gasteiger charge is -2.12. The van der Waals surface area contributed by atoms with Crippen molar-refractivity contribution in [3.63, 3.8) is 0 Å². The Balaban J connectivity index is 2.03. The molecule has 0 saturated carbocycles. The maximum atomic E-state index is 12.5. The minimum absolute atomic E-state index is 0.0695. The van der Waals surface area contributed by atoms with Crippen LogP contribution in [0.25, 0.3) is 0 Å². The molecule has 146 valence electrons. The first kappa shape index (κ1) is 20.7. The number of carbonyl (C=O) groups is 1. The van der Waals surface area contributed by atoms with Crippen LogP contribution in [0.3, 0.4) is 0 Å². The molecule has 0 aliphatic rings. The molecule has 0 spiro atoms. The Morgan fingerprint density at radius 1 is 1.04 bits per heavy atom. The van der Waals surface area contributed by atoms with E-state index in [1.807, 2.05) is 12.1 Å². The van der Waals surface area contributed by atoms with E-state index in [9.17, 15) is 13.2 Å². The summed E-state index contributed by atoms with van der Waals surface area (Å²) in [6, 6.07) is 11.8. The first-order chi connectivity index (χ1) is 12.8. The molecular weight excluding hydrogens is 368 g/mol. The van der Waals surface area contributed by atoms with E-state index in [-0.39, 0.29) is 10.6 Å². The molecule has 0 bridgehead atoms. The van der Waals surface area contributed by atoms with E-state index in [0.717, 1.165) is 5.56 Å². The molecular formula is C19H24N2O5S. The molecule has 27 heavy (non-hydrogen) atoms. The van der Waals surface area contributed by atoms with Crippen LogP contribution in [0.4, 0.5) is 5.69 Å². The van der Waals surface area contributed by atoms with E-state index in [4.69, 9.17) is 9.47 Å². The van der Waals surface area contributed by atoms with Gasteiger partial charge in [0.15, 0.2) is 0 Å². The van der Waals surface area contributed by atoms with Crippen LogP contribution >= 0.6 is 0 Å². The zero-order valence-electron chi connectivity index (χ0n) is 15.8. The summed E-state index contributed by atoms with van der Waals surface area (Å²) in [5.74, 6) is 0.518. The highest BCUT2D eigenvalue weighted by Crippen LogP contribution is 2.28. The summed E-state index contributed by atoms with van der Waals surface area (Å²) in [5, 5.41) is 2.66. The predicted octanol–water partition coefficient (Wildman–Crippen LogP) is 2.74. The van der Waals surface area contributed by atoms with Crippen LogP contribution < -0.4 is 19.5 Å². The minimum Gasteiger partial charge on any atom is -0.497 e. The van der Waals surface area contributed by atoms with Gasteiger partial charge in [-0.15, -0.1) is 0 Å². The zero-order chi connectivity index (χ0) is 20.0. The lowest BCUT2D eigenvalue weighted by molar-refractivity contribution is -0.115. The molecule has 2 aromatic rings. The van der Waals surface area contributed by atoms with Gasteiger partial charge in [0, 0.05) is 11.8 Å². The lowest BCUT2D eigenvalue weighted by Crippen LogP contribution is -2.33. The Labute approximate surface area is 159 Å². The van der Waals surface area contributed by atoms with Gasteiger partial charge < -0.3 is 14.8 Å². The third kappa shape index (κ3) is 5.45. The summed E-state index contributed by atoms with van der Waals surface area (Å²) in [7, 11) is -1.09. The fraction of sp³-hybridized carbons (Fsp3) is 0.316. The van der Waals surface area contributed by atoms with Crippen molar-refractivity contribution in [3.8, 4) is 11.5 Å². The Kier molecular flexibility index (Phi) is 6.81. The Morgan fingerprint density at radius 3 is 2.26 bits per heavy atom. The van der Waals surface area contributed by atoms with Crippen LogP contribution in [0, 0.1) is 0 Å². The number of sulfonamides is 1. The number of carbonyl (C=O) groups excluding carboxylic acids is 1. The quantitative estimate of drug-likeness (QED) is 0.720. The molecule has 0 fully saturated rings. The fourth-order valence-electron chi connectivity index (χ4n) is 2.39. The standard InChI is InChI=1S/C19H24N2O5S/c1-13(2)14-5-7-15(8-6-14)21-19(22)12-20-27(23,24)18-10-9-16(25-3)11-17(18)26-4/h5-11,13,20H,12H2,1-4H3,(H,21,22). The summed E-state index contributed by atoms with van der Waals surface area (Å²) in [4.78, 5) is 12.0. The van der Waals surface area contributed by atoms with Crippen LogP contribution in [-0.2, 0) is 14.8 Å². The number of anilines is 1. The van der Waals surface area contributed by atoms with Gasteiger partial charge in [0.05, 0.1) is 20.8 Å². The van der Waals surface area contributed by atoms with Crippen molar-refractivity contribution in [1.29, 1.82) is 0 Å². The molecule has 2 N–H and O–H groups in total. The van der Waals surface area contributed by atoms with Gasteiger partial charge in [-0.2, -0.15) is 0 Å². The average Bonchev–Trinajstić information content (AvgIpc) is 2.66. The van der Waals surface area contributed by atoms with Gasteiger partial charge in [0.2, 0.25) is 15.9 Å². The molecule has 0 aromatic heterocycles. The van der Waals surface area contributed by atoms with Crippen LogP contribution in [-0.4, -0.2) is 35.1 Å². The van der Waals surface area contributed by atoms with Crippen molar-refractivity contribution in [2.24, 2.45) is 0 Å². The molecule has 7 nitrogen and oxygen atoms in total. The van der Waals surface area contributed by atoms with Crippen LogP contribution in [0.1, 0.15) is 25.3 Å². The Bertz CT molecular complexity index is 893. The highest BCUT2D eigenvalue weighted by atomic mass is 32.2. The molecule has 2 aromatic carbocycles. The molecule has 0 unspecified atom stereocenters. The van der Waals surface area contributed by atoms with Gasteiger partial charge in [0.1, 0.15) is 16.4 Å². The number of rotatable bonds is 8. The average molecular weight is 392 g/mol. The SMILES string of the molecule is COc1ccc(S(=O)(=O)NCC(=O)Nc2ccc(C(C)C)cc2)c(OC)c1. The highest BCUT2D eigenvalue weighted by Gasteiger charge is 2.21. The van der Waals surface area contributed by atoms with E-state index in [1.165, 1.54) is 32.4 Å². The number of hydrogen-bond donors (Lipinski definition) is 2. The fourth-order valence-corrected chi connectivity index (χ4v) is 3.52. The monoisotopic (exact) mass is 392 g/mol. The van der Waals surface area contributed by atoms with Crippen LogP contribution in [0.2, 0.25) is 0 Å². The maximum Gasteiger partial charge on any atom is 0.244 e. The molecule has 2 rings (SSSR count). The molecule has 0 aliphatic carbocycles. The van der Waals surface area contributed by atoms with E-state index in [0.29, 0.717) is 17.4 Å². The second kappa shape index (κ2) is 8.88. The molecule has 0 heterocycles. The number of ether oxygens (including phenoxy) is 2. The molecule has 0 aliphatic heterocycles. The van der Waals surface area contributed by atoms with Crippen LogP contribution in [0.15, 0.2) is 47.4 Å². The van der Waals surface area contributed by atoms with Gasteiger partial charge in [0.25, 0.3) is 0 Å². The van der Waals surface area contributed by atoms with Gasteiger partial charge in [-0.3, -0.25) is 4.79 Å². The van der Waals surface area contributed by atoms with E-state index in [1.54, 1.807) is 12.1 Å². The molecule has 0 radical (unpaired) electrons. The summed E-state index contributed by atoms with van der Waals surface area (Å²) >= 11 is 0. The first-order valence-corrected chi connectivity index (χ1v) is 9.86. The molecule has 0 atom stereocenters. The number of hydrogen-bond acceptors (Lipinski definition) is 5. The maximum absolute atomic E-state index is 12.5. The third-order valence-corrected chi connectivity index (χ3v) is 5.38. The van der Waals surface area contributed by atoms with E-state index >= 15 is 0 Å². The normalized spacial score (nSPS) is 11.3. The molecule has 0 saturated heterocycles. The van der Waals surface area contributed by atoms with Crippen molar-refractivity contribution in [2.45, 2.75) is 24.7 Å². The van der Waals surface area contributed by atoms with Crippen molar-refractivity contribution in [1.82, 2.24) is 4.72 Å². The first-order valence-electron chi connectivity index (χ1n) is 8.38. The summed E-state index contributed by atoms with van der Waals surface area (Å²) in [6.07, 6.45) is 0. The summed E-state index contributed by atoms with van der Waals surface area (Å²) < 4.78 is 37.4. The van der Waals surface area contributed by atoms with Crippen molar-refractivity contribution >= 4 is 21.6 Å². The van der Waals surface area contributed by atoms with E-state index in [2.05, 4.69) is 23.9 Å². The predicted molar refractivity (Wildman–Crippen MR) is 104 cm³/mol. The van der Waals surface area contributed by atoms with Gasteiger partial charge >= 0.3 is 0 Å². The van der Waals surface area contributed by atoms with Gasteiger partial charge in [-0.25, -0.2) is 13.1 Å². The van der Waals surface area contributed by atoms with Crippen molar-refractivity contribution in [3.05, 3.63) is 48.0 Å². The van der Waals surface area contributed by atoms with Gasteiger partial charge in [-0.05, 0) is 35.7 Å². The van der Waals surface area contributed by atoms with Crippen molar-refractivity contribution in [2.75, 3.05) is 26.1 Å². The Morgan fingerprint density at radius 2 is 1.70 bits per heavy atom. The number of benzene rings is 2. The molecule has 1 amide bonds. The second-order valence-corrected chi connectivity index (χ2v) is 7.90. The largest absolute Gasteiger partial charge is 0.497 e. The topological polar surface area (TPSA) is 93.7 Å². The highest BCUT2D eigenvalue weighted by molar-refractivity contribution is 7.89. The molecule has 8 heteroatoms. The number of methoxy groups -OCH3 is 2. The third-order valence-electron chi connectivity index (χ3n) is 3.94. The van der Waals surface area contributed by atoms with Gasteiger partial charge in [-0.1, -0.05) is 26.0 Å². The van der Waals surface area contributed by atoms with Crippen molar-refractivity contribution < 1.29 is 22.7 Å². The minimum atomic E-state index is -3.92. The smallest absolute Gasteiger partial charge is 0.244 e. The summed E-state index contributed by atoms with van der Waals surface area (Å²) in [5.41, 5.74) is 1.76. The van der Waals surface area contributed by atoms with E-state index < -0.39 is 22.5 Å². The van der Waals surface area contributed by atoms with Crippen LogP contribution in [0.5, 0.6) is 11.5 Å². The number of nitrogens with one attached hydrogen (secondary N) is 2. The Hall–Kier alpha value is -2.58.